The minimum absolute atomic E-state index is 0.00505. The van der Waals surface area contributed by atoms with E-state index < -0.39 is 0 Å². The standard InChI is InChI=1S/C13H16ClNOS/c1-13(2,3)12(16)15-8-9-17-11-6-4-10(14)5-7-11/h4-9H,1-3H3,(H,15,16). The second kappa shape index (κ2) is 6.12. The van der Waals surface area contributed by atoms with Crippen LogP contribution in [0.5, 0.6) is 0 Å². The van der Waals surface area contributed by atoms with Crippen molar-refractivity contribution in [1.29, 1.82) is 0 Å². The SMILES string of the molecule is CC(C)(C)C(=O)NC=CSc1ccc(Cl)cc1. The van der Waals surface area contributed by atoms with Gasteiger partial charge in [0.05, 0.1) is 0 Å². The number of nitrogens with one attached hydrogen (secondary N) is 1. The van der Waals surface area contributed by atoms with Crippen LogP contribution in [-0.4, -0.2) is 5.91 Å². The lowest BCUT2D eigenvalue weighted by Crippen LogP contribution is -2.31. The van der Waals surface area contributed by atoms with E-state index in [9.17, 15) is 4.79 Å². The Hall–Kier alpha value is -0.930. The Morgan fingerprint density at radius 1 is 1.29 bits per heavy atom. The molecule has 0 aliphatic carbocycles. The van der Waals surface area contributed by atoms with Crippen molar-refractivity contribution < 1.29 is 4.79 Å². The van der Waals surface area contributed by atoms with Crippen LogP contribution in [0.25, 0.3) is 0 Å². The molecule has 17 heavy (non-hydrogen) atoms. The molecule has 92 valence electrons. The number of benzene rings is 1. The lowest BCUT2D eigenvalue weighted by Gasteiger charge is -2.15. The highest BCUT2D eigenvalue weighted by molar-refractivity contribution is 8.02. The van der Waals surface area contributed by atoms with Gasteiger partial charge in [-0.25, -0.2) is 0 Å². The number of carbonyl (C=O) groups excluding carboxylic acids is 1. The monoisotopic (exact) mass is 269 g/mol. The van der Waals surface area contributed by atoms with Gasteiger partial charge in [-0.15, -0.1) is 0 Å². The van der Waals surface area contributed by atoms with Crippen molar-refractivity contribution in [3.63, 3.8) is 0 Å². The van der Waals surface area contributed by atoms with Crippen LogP contribution in [0.3, 0.4) is 0 Å². The van der Waals surface area contributed by atoms with Gasteiger partial charge in [0.2, 0.25) is 5.91 Å². The predicted molar refractivity (Wildman–Crippen MR) is 74.0 cm³/mol. The van der Waals surface area contributed by atoms with Crippen molar-refractivity contribution in [3.8, 4) is 0 Å². The first-order valence-electron chi connectivity index (χ1n) is 5.28. The van der Waals surface area contributed by atoms with Gasteiger partial charge in [-0.1, -0.05) is 44.1 Å². The molecule has 1 aromatic carbocycles. The molecule has 2 nitrogen and oxygen atoms in total. The van der Waals surface area contributed by atoms with Gasteiger partial charge in [0, 0.05) is 21.5 Å². The fourth-order valence-corrected chi connectivity index (χ4v) is 1.66. The molecule has 1 aromatic rings. The minimum atomic E-state index is -0.366. The van der Waals surface area contributed by atoms with Gasteiger partial charge in [0.1, 0.15) is 0 Å². The molecule has 0 bridgehead atoms. The van der Waals surface area contributed by atoms with Gasteiger partial charge in [-0.3, -0.25) is 4.79 Å². The molecule has 0 saturated heterocycles. The van der Waals surface area contributed by atoms with E-state index in [4.69, 9.17) is 11.6 Å². The van der Waals surface area contributed by atoms with Gasteiger partial charge in [-0.2, -0.15) is 0 Å². The molecule has 4 heteroatoms. The molecule has 0 atom stereocenters. The van der Waals surface area contributed by atoms with Crippen LogP contribution in [0.15, 0.2) is 40.8 Å². The van der Waals surface area contributed by atoms with Crippen molar-refractivity contribution in [2.75, 3.05) is 0 Å². The minimum Gasteiger partial charge on any atom is -0.332 e. The zero-order chi connectivity index (χ0) is 12.9. The molecule has 0 aliphatic heterocycles. The summed E-state index contributed by atoms with van der Waals surface area (Å²) in [5, 5.41) is 5.30. The molecule has 0 spiro atoms. The first-order chi connectivity index (χ1) is 7.89. The van der Waals surface area contributed by atoms with E-state index in [2.05, 4.69) is 5.32 Å². The second-order valence-corrected chi connectivity index (χ2v) is 6.01. The molecule has 1 amide bonds. The normalized spacial score (nSPS) is 11.8. The maximum Gasteiger partial charge on any atom is 0.229 e. The Kier molecular flexibility index (Phi) is 5.09. The van der Waals surface area contributed by atoms with Gasteiger partial charge >= 0.3 is 0 Å². The van der Waals surface area contributed by atoms with Crippen LogP contribution in [0.1, 0.15) is 20.8 Å². The molecule has 0 aromatic heterocycles. The molecular weight excluding hydrogens is 254 g/mol. The van der Waals surface area contributed by atoms with E-state index >= 15 is 0 Å². The number of thioether (sulfide) groups is 1. The molecule has 0 radical (unpaired) electrons. The lowest BCUT2D eigenvalue weighted by atomic mass is 9.96. The predicted octanol–water partition coefficient (Wildman–Crippen LogP) is 4.07. The quantitative estimate of drug-likeness (QED) is 0.839. The molecule has 0 saturated carbocycles. The largest absolute Gasteiger partial charge is 0.332 e. The number of halogens is 1. The number of rotatable bonds is 3. The summed E-state index contributed by atoms with van der Waals surface area (Å²) in [5.74, 6) is 0.00505. The Morgan fingerprint density at radius 3 is 2.41 bits per heavy atom. The number of hydrogen-bond donors (Lipinski definition) is 1. The molecule has 1 N–H and O–H groups in total. The average molecular weight is 270 g/mol. The topological polar surface area (TPSA) is 29.1 Å². The maximum absolute atomic E-state index is 11.5. The third-order valence-corrected chi connectivity index (χ3v) is 3.05. The van der Waals surface area contributed by atoms with Crippen molar-refractivity contribution >= 4 is 29.3 Å². The fraction of sp³-hybridized carbons (Fsp3) is 0.308. The van der Waals surface area contributed by atoms with E-state index in [1.54, 1.807) is 6.20 Å². The van der Waals surface area contributed by atoms with Crippen molar-refractivity contribution in [1.82, 2.24) is 5.32 Å². The van der Waals surface area contributed by atoms with Crippen LogP contribution in [0.2, 0.25) is 5.02 Å². The number of amides is 1. The van der Waals surface area contributed by atoms with Gasteiger partial charge in [0.15, 0.2) is 0 Å². The third-order valence-electron chi connectivity index (χ3n) is 1.98. The van der Waals surface area contributed by atoms with E-state index in [0.29, 0.717) is 0 Å². The first-order valence-corrected chi connectivity index (χ1v) is 6.53. The highest BCUT2D eigenvalue weighted by atomic mass is 35.5. The van der Waals surface area contributed by atoms with E-state index in [-0.39, 0.29) is 11.3 Å². The number of carbonyl (C=O) groups is 1. The lowest BCUT2D eigenvalue weighted by molar-refractivity contribution is -0.127. The summed E-state index contributed by atoms with van der Waals surface area (Å²) in [6, 6.07) is 7.54. The molecule has 1 rings (SSSR count). The Labute approximate surface area is 111 Å². The Balaban J connectivity index is 2.41. The number of hydrogen-bond acceptors (Lipinski definition) is 2. The molecule has 0 fully saturated rings. The fourth-order valence-electron chi connectivity index (χ4n) is 0.952. The highest BCUT2D eigenvalue weighted by Crippen LogP contribution is 2.21. The van der Waals surface area contributed by atoms with Crippen LogP contribution in [0, 0.1) is 5.41 Å². The zero-order valence-corrected chi connectivity index (χ0v) is 11.7. The van der Waals surface area contributed by atoms with Crippen LogP contribution in [-0.2, 0) is 4.79 Å². The van der Waals surface area contributed by atoms with E-state index in [1.165, 1.54) is 11.8 Å². The van der Waals surface area contributed by atoms with Crippen molar-refractivity contribution in [2.24, 2.45) is 5.41 Å². The Morgan fingerprint density at radius 2 is 1.88 bits per heavy atom. The van der Waals surface area contributed by atoms with Gasteiger partial charge in [0.25, 0.3) is 0 Å². The molecule has 0 aliphatic rings. The van der Waals surface area contributed by atoms with Gasteiger partial charge in [-0.05, 0) is 29.7 Å². The van der Waals surface area contributed by atoms with Crippen LogP contribution >= 0.6 is 23.4 Å². The summed E-state index contributed by atoms with van der Waals surface area (Å²) in [6.45, 7) is 5.63. The van der Waals surface area contributed by atoms with Crippen LogP contribution in [0.4, 0.5) is 0 Å². The summed E-state index contributed by atoms with van der Waals surface area (Å²) >= 11 is 7.31. The van der Waals surface area contributed by atoms with Gasteiger partial charge < -0.3 is 5.32 Å². The first kappa shape index (κ1) is 14.1. The van der Waals surface area contributed by atoms with Crippen molar-refractivity contribution in [3.05, 3.63) is 40.9 Å². The third kappa shape index (κ3) is 5.29. The second-order valence-electron chi connectivity index (χ2n) is 4.60. The van der Waals surface area contributed by atoms with E-state index in [1.807, 2.05) is 50.4 Å². The summed E-state index contributed by atoms with van der Waals surface area (Å²) in [7, 11) is 0. The van der Waals surface area contributed by atoms with Crippen LogP contribution < -0.4 is 5.32 Å². The molecule has 0 heterocycles. The summed E-state index contributed by atoms with van der Waals surface area (Å²) in [5.41, 5.74) is -0.366. The smallest absolute Gasteiger partial charge is 0.229 e. The summed E-state index contributed by atoms with van der Waals surface area (Å²) in [4.78, 5) is 12.6. The average Bonchev–Trinajstić information content (AvgIpc) is 2.25. The summed E-state index contributed by atoms with van der Waals surface area (Å²) in [6.07, 6.45) is 1.66. The molecule has 0 unspecified atom stereocenters. The van der Waals surface area contributed by atoms with E-state index in [0.717, 1.165) is 9.92 Å². The maximum atomic E-state index is 11.5. The zero-order valence-electron chi connectivity index (χ0n) is 10.2. The van der Waals surface area contributed by atoms with Crippen molar-refractivity contribution in [2.45, 2.75) is 25.7 Å². The Bertz CT molecular complexity index is 406. The summed E-state index contributed by atoms with van der Waals surface area (Å²) < 4.78 is 0. The highest BCUT2D eigenvalue weighted by Gasteiger charge is 2.19. The molecular formula is C13H16ClNOS.